The van der Waals surface area contributed by atoms with Crippen LogP contribution in [0.2, 0.25) is 0 Å². The fraction of sp³-hybridized carbons (Fsp3) is 0.300. The second kappa shape index (κ2) is 6.11. The molecule has 1 fully saturated rings. The number of H-pyrrole nitrogens is 1. The smallest absolute Gasteiger partial charge is 0.254 e. The number of nitrogens with zero attached hydrogens (tertiary/aromatic N) is 2. The summed E-state index contributed by atoms with van der Waals surface area (Å²) in [4.78, 5) is 23.0. The van der Waals surface area contributed by atoms with E-state index in [4.69, 9.17) is 4.98 Å². The SMILES string of the molecule is Cc1ccccc1C(=O)N1CCCC(c2nc3ccccc3[nH]2)C1. The fourth-order valence-electron chi connectivity index (χ4n) is 3.53. The number of nitrogens with one attached hydrogen (secondary N) is 1. The fourth-order valence-corrected chi connectivity index (χ4v) is 3.53. The van der Waals surface area contributed by atoms with Gasteiger partial charge < -0.3 is 9.88 Å². The Morgan fingerprint density at radius 3 is 2.79 bits per heavy atom. The maximum absolute atomic E-state index is 12.9. The first-order chi connectivity index (χ1) is 11.7. The molecule has 0 bridgehead atoms. The lowest BCUT2D eigenvalue weighted by molar-refractivity contribution is 0.0704. The first kappa shape index (κ1) is 14.9. The minimum atomic E-state index is 0.133. The summed E-state index contributed by atoms with van der Waals surface area (Å²) in [7, 11) is 0. The highest BCUT2D eigenvalue weighted by Gasteiger charge is 2.27. The van der Waals surface area contributed by atoms with Crippen LogP contribution < -0.4 is 0 Å². The number of benzene rings is 2. The van der Waals surface area contributed by atoms with E-state index < -0.39 is 0 Å². The third-order valence-electron chi connectivity index (χ3n) is 4.88. The second-order valence-electron chi connectivity index (χ2n) is 6.54. The Morgan fingerprint density at radius 2 is 1.96 bits per heavy atom. The monoisotopic (exact) mass is 319 g/mol. The van der Waals surface area contributed by atoms with Crippen LogP contribution >= 0.6 is 0 Å². The molecule has 4 heteroatoms. The van der Waals surface area contributed by atoms with Crippen molar-refractivity contribution in [3.05, 3.63) is 65.5 Å². The van der Waals surface area contributed by atoms with Gasteiger partial charge in [-0.1, -0.05) is 30.3 Å². The van der Waals surface area contributed by atoms with Gasteiger partial charge >= 0.3 is 0 Å². The number of likely N-dealkylation sites (tertiary alicyclic amines) is 1. The van der Waals surface area contributed by atoms with Crippen molar-refractivity contribution >= 4 is 16.9 Å². The van der Waals surface area contributed by atoms with E-state index in [1.165, 1.54) is 0 Å². The first-order valence-electron chi connectivity index (χ1n) is 8.52. The highest BCUT2D eigenvalue weighted by molar-refractivity contribution is 5.95. The Hall–Kier alpha value is -2.62. The van der Waals surface area contributed by atoms with Gasteiger partial charge in [0.2, 0.25) is 0 Å². The molecule has 122 valence electrons. The Morgan fingerprint density at radius 1 is 1.17 bits per heavy atom. The Labute approximate surface area is 141 Å². The zero-order chi connectivity index (χ0) is 16.5. The zero-order valence-corrected chi connectivity index (χ0v) is 13.8. The quantitative estimate of drug-likeness (QED) is 0.779. The molecule has 1 aliphatic heterocycles. The molecule has 1 unspecified atom stereocenters. The number of piperidine rings is 1. The summed E-state index contributed by atoms with van der Waals surface area (Å²) in [5.41, 5.74) is 3.90. The van der Waals surface area contributed by atoms with Crippen LogP contribution in [0.25, 0.3) is 11.0 Å². The number of hydrogen-bond acceptors (Lipinski definition) is 2. The summed E-state index contributed by atoms with van der Waals surface area (Å²) in [5.74, 6) is 1.41. The third-order valence-corrected chi connectivity index (χ3v) is 4.88. The molecule has 1 N–H and O–H groups in total. The molecule has 0 spiro atoms. The van der Waals surface area contributed by atoms with Crippen LogP contribution in [-0.4, -0.2) is 33.9 Å². The molecule has 2 heterocycles. The van der Waals surface area contributed by atoms with Gasteiger partial charge in [0.25, 0.3) is 5.91 Å². The highest BCUT2D eigenvalue weighted by Crippen LogP contribution is 2.28. The molecular formula is C20H21N3O. The van der Waals surface area contributed by atoms with Crippen molar-refractivity contribution in [2.45, 2.75) is 25.7 Å². The predicted molar refractivity (Wildman–Crippen MR) is 95.2 cm³/mol. The van der Waals surface area contributed by atoms with Crippen molar-refractivity contribution in [2.24, 2.45) is 0 Å². The number of fused-ring (bicyclic) bond motifs is 1. The minimum absolute atomic E-state index is 0.133. The summed E-state index contributed by atoms with van der Waals surface area (Å²) >= 11 is 0. The van der Waals surface area contributed by atoms with Crippen LogP contribution in [0.15, 0.2) is 48.5 Å². The maximum atomic E-state index is 12.9. The molecule has 1 aromatic heterocycles. The number of rotatable bonds is 2. The summed E-state index contributed by atoms with van der Waals surface area (Å²) in [6.07, 6.45) is 2.08. The molecular weight excluding hydrogens is 298 g/mol. The van der Waals surface area contributed by atoms with Gasteiger partial charge in [0.15, 0.2) is 0 Å². The van der Waals surface area contributed by atoms with Gasteiger partial charge in [0.1, 0.15) is 5.82 Å². The van der Waals surface area contributed by atoms with Gasteiger partial charge in [-0.2, -0.15) is 0 Å². The molecule has 4 rings (SSSR count). The molecule has 0 radical (unpaired) electrons. The molecule has 1 atom stereocenters. The molecule has 24 heavy (non-hydrogen) atoms. The summed E-state index contributed by atoms with van der Waals surface area (Å²) < 4.78 is 0. The van der Waals surface area contributed by atoms with E-state index in [1.54, 1.807) is 0 Å². The van der Waals surface area contributed by atoms with Crippen LogP contribution in [0.1, 0.15) is 40.5 Å². The standard InChI is InChI=1S/C20H21N3O/c1-14-7-2-3-9-16(14)20(24)23-12-6-8-15(13-23)19-21-17-10-4-5-11-18(17)22-19/h2-5,7,9-11,15H,6,8,12-13H2,1H3,(H,21,22). The molecule has 1 saturated heterocycles. The van der Waals surface area contributed by atoms with Crippen LogP contribution in [0, 0.1) is 6.92 Å². The topological polar surface area (TPSA) is 49.0 Å². The van der Waals surface area contributed by atoms with E-state index in [0.29, 0.717) is 0 Å². The van der Waals surface area contributed by atoms with E-state index >= 15 is 0 Å². The van der Waals surface area contributed by atoms with Gasteiger partial charge in [-0.3, -0.25) is 4.79 Å². The average molecular weight is 319 g/mol. The zero-order valence-electron chi connectivity index (χ0n) is 13.8. The van der Waals surface area contributed by atoms with Crippen LogP contribution in [-0.2, 0) is 0 Å². The van der Waals surface area contributed by atoms with Crippen molar-refractivity contribution in [3.63, 3.8) is 0 Å². The third kappa shape index (κ3) is 2.68. The van der Waals surface area contributed by atoms with E-state index in [-0.39, 0.29) is 11.8 Å². The normalized spacial score (nSPS) is 18.0. The second-order valence-corrected chi connectivity index (χ2v) is 6.54. The number of aromatic nitrogens is 2. The maximum Gasteiger partial charge on any atom is 0.254 e. The Bertz CT molecular complexity index is 850. The first-order valence-corrected chi connectivity index (χ1v) is 8.52. The molecule has 0 saturated carbocycles. The molecule has 4 nitrogen and oxygen atoms in total. The molecule has 1 aliphatic rings. The van der Waals surface area contributed by atoms with Crippen molar-refractivity contribution in [1.82, 2.24) is 14.9 Å². The molecule has 1 amide bonds. The lowest BCUT2D eigenvalue weighted by Gasteiger charge is -2.32. The van der Waals surface area contributed by atoms with Crippen molar-refractivity contribution in [3.8, 4) is 0 Å². The average Bonchev–Trinajstić information content (AvgIpc) is 3.06. The lowest BCUT2D eigenvalue weighted by atomic mass is 9.96. The molecule has 0 aliphatic carbocycles. The largest absolute Gasteiger partial charge is 0.342 e. The number of para-hydroxylation sites is 2. The number of hydrogen-bond donors (Lipinski definition) is 1. The number of carbonyl (C=O) groups is 1. The van der Waals surface area contributed by atoms with Gasteiger partial charge in [0.05, 0.1) is 11.0 Å². The minimum Gasteiger partial charge on any atom is -0.342 e. The molecule has 3 aromatic rings. The van der Waals surface area contributed by atoms with E-state index in [9.17, 15) is 4.79 Å². The van der Waals surface area contributed by atoms with Gasteiger partial charge in [-0.05, 0) is 43.5 Å². The van der Waals surface area contributed by atoms with E-state index in [1.807, 2.05) is 60.4 Å². The summed E-state index contributed by atoms with van der Waals surface area (Å²) in [5, 5.41) is 0. The van der Waals surface area contributed by atoms with Crippen molar-refractivity contribution in [1.29, 1.82) is 0 Å². The van der Waals surface area contributed by atoms with Crippen LogP contribution in [0.5, 0.6) is 0 Å². The number of amides is 1. The van der Waals surface area contributed by atoms with E-state index in [0.717, 1.165) is 53.9 Å². The lowest BCUT2D eigenvalue weighted by Crippen LogP contribution is -2.39. The Kier molecular flexibility index (Phi) is 3.81. The predicted octanol–water partition coefficient (Wildman–Crippen LogP) is 3.89. The van der Waals surface area contributed by atoms with Crippen LogP contribution in [0.4, 0.5) is 0 Å². The molecule has 2 aromatic carbocycles. The van der Waals surface area contributed by atoms with Crippen LogP contribution in [0.3, 0.4) is 0 Å². The van der Waals surface area contributed by atoms with Gasteiger partial charge in [0, 0.05) is 24.6 Å². The summed E-state index contributed by atoms with van der Waals surface area (Å²) in [6.45, 7) is 3.55. The number of aromatic amines is 1. The summed E-state index contributed by atoms with van der Waals surface area (Å²) in [6, 6.07) is 15.9. The van der Waals surface area contributed by atoms with Gasteiger partial charge in [-0.15, -0.1) is 0 Å². The number of carbonyl (C=O) groups excluding carboxylic acids is 1. The van der Waals surface area contributed by atoms with Crippen molar-refractivity contribution in [2.75, 3.05) is 13.1 Å². The van der Waals surface area contributed by atoms with Gasteiger partial charge in [-0.25, -0.2) is 4.98 Å². The highest BCUT2D eigenvalue weighted by atomic mass is 16.2. The number of aryl methyl sites for hydroxylation is 1. The number of imidazole rings is 1. The van der Waals surface area contributed by atoms with E-state index in [2.05, 4.69) is 4.98 Å². The Balaban J connectivity index is 1.57. The van der Waals surface area contributed by atoms with Crippen molar-refractivity contribution < 1.29 is 4.79 Å².